The molecule has 0 unspecified atom stereocenters. The molecule has 1 amide bonds. The van der Waals surface area contributed by atoms with Crippen LogP contribution in [0.4, 0.5) is 11.6 Å². The molecule has 0 radical (unpaired) electrons. The lowest BCUT2D eigenvalue weighted by Crippen LogP contribution is -2.31. The maximum Gasteiger partial charge on any atom is 0.372 e. The molecule has 0 saturated carbocycles. The minimum atomic E-state index is -0.471. The smallest absolute Gasteiger partial charge is 0.362 e. The van der Waals surface area contributed by atoms with E-state index in [0.717, 1.165) is 0 Å². The van der Waals surface area contributed by atoms with Crippen LogP contribution in [-0.4, -0.2) is 44.7 Å². The Morgan fingerprint density at radius 3 is 2.86 bits per heavy atom. The van der Waals surface area contributed by atoms with Gasteiger partial charge < -0.3 is 20.3 Å². The Morgan fingerprint density at radius 2 is 2.24 bits per heavy atom. The van der Waals surface area contributed by atoms with Crippen LogP contribution >= 0.6 is 11.3 Å². The minimum Gasteiger partial charge on any atom is -0.362 e. The fourth-order valence-corrected chi connectivity index (χ4v) is 2.80. The Labute approximate surface area is 125 Å². The van der Waals surface area contributed by atoms with Crippen molar-refractivity contribution in [2.75, 3.05) is 25.0 Å². The van der Waals surface area contributed by atoms with Gasteiger partial charge in [0.25, 0.3) is 4.96 Å². The number of nitrogens with zero attached hydrogens (tertiary/aromatic N) is 4. The van der Waals surface area contributed by atoms with Crippen LogP contribution in [0.3, 0.4) is 0 Å². The van der Waals surface area contributed by atoms with Crippen molar-refractivity contribution < 1.29 is 9.72 Å². The lowest BCUT2D eigenvalue weighted by molar-refractivity contribution is -0.389. The van der Waals surface area contributed by atoms with Crippen LogP contribution in [0, 0.1) is 10.1 Å². The maximum absolute atomic E-state index is 11.9. The van der Waals surface area contributed by atoms with Crippen LogP contribution in [0.2, 0.25) is 0 Å². The summed E-state index contributed by atoms with van der Waals surface area (Å²) >= 11 is 1.32. The third-order valence-corrected chi connectivity index (χ3v) is 3.91. The Bertz CT molecular complexity index is 646. The molecule has 8 nitrogen and oxygen atoms in total. The number of imidazole rings is 1. The third-order valence-electron chi connectivity index (χ3n) is 3.16. The summed E-state index contributed by atoms with van der Waals surface area (Å²) in [5.74, 6) is 0.136. The summed E-state index contributed by atoms with van der Waals surface area (Å²) in [4.78, 5) is 29.0. The Hall–Kier alpha value is -2.16. The standard InChI is InChI=1S/C12H17N5O3S/c1-3-15(4-2)9(18)5-6-13-10-11(17(19)20)16-7-8-21-12(16)14-10/h7-8,13H,3-6H2,1-2H3. The molecule has 0 bridgehead atoms. The monoisotopic (exact) mass is 311 g/mol. The van der Waals surface area contributed by atoms with E-state index in [-0.39, 0.29) is 24.0 Å². The van der Waals surface area contributed by atoms with Gasteiger partial charge in [0.05, 0.1) is 0 Å². The predicted octanol–water partition coefficient (Wildman–Crippen LogP) is 1.97. The molecule has 0 aliphatic carbocycles. The topological polar surface area (TPSA) is 92.8 Å². The van der Waals surface area contributed by atoms with E-state index in [1.54, 1.807) is 16.5 Å². The Morgan fingerprint density at radius 1 is 1.52 bits per heavy atom. The fourth-order valence-electron chi connectivity index (χ4n) is 2.09. The van der Waals surface area contributed by atoms with Gasteiger partial charge in [0, 0.05) is 31.4 Å². The molecule has 9 heteroatoms. The number of carbonyl (C=O) groups excluding carboxylic acids is 1. The van der Waals surface area contributed by atoms with E-state index in [1.807, 2.05) is 13.8 Å². The van der Waals surface area contributed by atoms with Gasteiger partial charge in [-0.25, -0.2) is 0 Å². The number of hydrogen-bond acceptors (Lipinski definition) is 6. The molecule has 0 spiro atoms. The molecule has 0 aliphatic heterocycles. The molecule has 2 aromatic heterocycles. The molecule has 0 aliphatic rings. The molecule has 1 N–H and O–H groups in total. The van der Waals surface area contributed by atoms with Crippen molar-refractivity contribution in [1.82, 2.24) is 14.3 Å². The van der Waals surface area contributed by atoms with Crippen LogP contribution in [0.15, 0.2) is 11.6 Å². The summed E-state index contributed by atoms with van der Waals surface area (Å²) < 4.78 is 1.43. The zero-order valence-corrected chi connectivity index (χ0v) is 12.7. The molecule has 0 fully saturated rings. The SMILES string of the molecule is CCN(CC)C(=O)CCNc1nc2sccn2c1[N+](=O)[O-]. The van der Waals surface area contributed by atoms with Crippen molar-refractivity contribution in [2.24, 2.45) is 0 Å². The van der Waals surface area contributed by atoms with E-state index in [2.05, 4.69) is 10.3 Å². The summed E-state index contributed by atoms with van der Waals surface area (Å²) in [6, 6.07) is 0. The van der Waals surface area contributed by atoms with Crippen molar-refractivity contribution in [2.45, 2.75) is 20.3 Å². The highest BCUT2D eigenvalue weighted by Gasteiger charge is 2.23. The largest absolute Gasteiger partial charge is 0.372 e. The lowest BCUT2D eigenvalue weighted by atomic mass is 10.3. The summed E-state index contributed by atoms with van der Waals surface area (Å²) in [5, 5.41) is 15.8. The van der Waals surface area contributed by atoms with Crippen molar-refractivity contribution in [3.05, 3.63) is 21.7 Å². The quantitative estimate of drug-likeness (QED) is 0.623. The number of carbonyl (C=O) groups is 1. The van der Waals surface area contributed by atoms with E-state index < -0.39 is 4.92 Å². The molecule has 0 aromatic carbocycles. The summed E-state index contributed by atoms with van der Waals surface area (Å²) in [7, 11) is 0. The van der Waals surface area contributed by atoms with Crippen molar-refractivity contribution >= 4 is 33.8 Å². The van der Waals surface area contributed by atoms with Crippen LogP contribution in [0.1, 0.15) is 20.3 Å². The molecule has 0 atom stereocenters. The van der Waals surface area contributed by atoms with Gasteiger partial charge in [-0.15, -0.1) is 0 Å². The van der Waals surface area contributed by atoms with Crippen LogP contribution in [0.5, 0.6) is 0 Å². The normalized spacial score (nSPS) is 10.8. The average Bonchev–Trinajstić information content (AvgIpc) is 2.99. The van der Waals surface area contributed by atoms with Gasteiger partial charge in [-0.05, 0) is 18.8 Å². The molecule has 2 heterocycles. The molecule has 21 heavy (non-hydrogen) atoms. The third kappa shape index (κ3) is 3.13. The zero-order chi connectivity index (χ0) is 15.4. The first kappa shape index (κ1) is 15.2. The summed E-state index contributed by atoms with van der Waals surface area (Å²) in [5.41, 5.74) is 0. The van der Waals surface area contributed by atoms with Crippen molar-refractivity contribution in [1.29, 1.82) is 0 Å². The van der Waals surface area contributed by atoms with E-state index in [9.17, 15) is 14.9 Å². The van der Waals surface area contributed by atoms with Gasteiger partial charge in [-0.1, -0.05) is 11.3 Å². The zero-order valence-electron chi connectivity index (χ0n) is 11.9. The van der Waals surface area contributed by atoms with Crippen LogP contribution in [0.25, 0.3) is 4.96 Å². The number of thiazole rings is 1. The van der Waals surface area contributed by atoms with E-state index >= 15 is 0 Å². The van der Waals surface area contributed by atoms with E-state index in [4.69, 9.17) is 0 Å². The number of fused-ring (bicyclic) bond motifs is 1. The number of aromatic nitrogens is 2. The second kappa shape index (κ2) is 6.53. The highest BCUT2D eigenvalue weighted by molar-refractivity contribution is 7.15. The van der Waals surface area contributed by atoms with Crippen LogP contribution < -0.4 is 5.32 Å². The van der Waals surface area contributed by atoms with Gasteiger partial charge in [-0.3, -0.25) is 4.79 Å². The first-order chi connectivity index (χ1) is 10.1. The minimum absolute atomic E-state index is 0.0242. The Kier molecular flexibility index (Phi) is 4.73. The average molecular weight is 311 g/mol. The van der Waals surface area contributed by atoms with Crippen molar-refractivity contribution in [3.63, 3.8) is 0 Å². The highest BCUT2D eigenvalue weighted by Crippen LogP contribution is 2.27. The first-order valence-corrected chi connectivity index (χ1v) is 7.58. The van der Waals surface area contributed by atoms with E-state index in [1.165, 1.54) is 15.7 Å². The molecule has 2 aromatic rings. The van der Waals surface area contributed by atoms with E-state index in [0.29, 0.717) is 24.6 Å². The maximum atomic E-state index is 11.9. The summed E-state index contributed by atoms with van der Waals surface area (Å²) in [6.07, 6.45) is 1.89. The highest BCUT2D eigenvalue weighted by atomic mass is 32.1. The molecule has 114 valence electrons. The Balaban J connectivity index is 2.03. The number of nitro groups is 1. The van der Waals surface area contributed by atoms with Gasteiger partial charge >= 0.3 is 5.82 Å². The molecule has 0 saturated heterocycles. The second-order valence-corrected chi connectivity index (χ2v) is 5.21. The van der Waals surface area contributed by atoms with Gasteiger partial charge in [0.1, 0.15) is 6.20 Å². The molecule has 2 rings (SSSR count). The van der Waals surface area contributed by atoms with Gasteiger partial charge in [0.15, 0.2) is 0 Å². The number of rotatable bonds is 7. The number of amides is 1. The fraction of sp³-hybridized carbons (Fsp3) is 0.500. The van der Waals surface area contributed by atoms with Crippen molar-refractivity contribution in [3.8, 4) is 0 Å². The first-order valence-electron chi connectivity index (χ1n) is 6.70. The van der Waals surface area contributed by atoms with Gasteiger partial charge in [0.2, 0.25) is 11.7 Å². The number of anilines is 1. The number of nitrogens with one attached hydrogen (secondary N) is 1. The summed E-state index contributed by atoms with van der Waals surface area (Å²) in [6.45, 7) is 5.48. The molecular weight excluding hydrogens is 294 g/mol. The lowest BCUT2D eigenvalue weighted by Gasteiger charge is -2.18. The second-order valence-electron chi connectivity index (χ2n) is 4.34. The van der Waals surface area contributed by atoms with Gasteiger partial charge in [-0.2, -0.15) is 9.38 Å². The van der Waals surface area contributed by atoms with Crippen LogP contribution in [-0.2, 0) is 4.79 Å². The number of hydrogen-bond donors (Lipinski definition) is 1. The molecular formula is C12H17N5O3S. The predicted molar refractivity (Wildman–Crippen MR) is 80.8 cm³/mol.